The fraction of sp³-hybridized carbons (Fsp3) is 0.250. The van der Waals surface area contributed by atoms with Gasteiger partial charge in [0, 0.05) is 28.8 Å². The van der Waals surface area contributed by atoms with E-state index in [1.165, 1.54) is 0 Å². The monoisotopic (exact) mass is 332 g/mol. The summed E-state index contributed by atoms with van der Waals surface area (Å²) in [5.41, 5.74) is 9.20. The molecule has 0 unspecified atom stereocenters. The third-order valence-corrected chi connectivity index (χ3v) is 4.28. The Morgan fingerprint density at radius 3 is 2.85 bits per heavy atom. The predicted octanol–water partition coefficient (Wildman–Crippen LogP) is 3.82. The highest BCUT2D eigenvalue weighted by Crippen LogP contribution is 2.33. The standard InChI is InChI=1S/C16H17BrN2O/c17-13-5-3-6-14(18)12(13)11-19-9-4-10-20-16-8-2-1-7-15(16)19/h1-3,5-8H,4,9-11,18H2. The predicted molar refractivity (Wildman–Crippen MR) is 86.2 cm³/mol. The maximum Gasteiger partial charge on any atom is 0.142 e. The molecule has 1 heterocycles. The molecule has 3 nitrogen and oxygen atoms in total. The van der Waals surface area contributed by atoms with Crippen LogP contribution in [0.15, 0.2) is 46.9 Å². The number of nitrogens with zero attached hydrogens (tertiary/aromatic N) is 1. The first-order chi connectivity index (χ1) is 9.75. The summed E-state index contributed by atoms with van der Waals surface area (Å²) in [5, 5.41) is 0. The lowest BCUT2D eigenvalue weighted by atomic mass is 10.1. The topological polar surface area (TPSA) is 38.5 Å². The Morgan fingerprint density at radius 1 is 1.15 bits per heavy atom. The van der Waals surface area contributed by atoms with Crippen molar-refractivity contribution in [2.24, 2.45) is 0 Å². The molecule has 104 valence electrons. The average molecular weight is 333 g/mol. The van der Waals surface area contributed by atoms with Gasteiger partial charge in [-0.2, -0.15) is 0 Å². The second kappa shape index (κ2) is 5.75. The summed E-state index contributed by atoms with van der Waals surface area (Å²) in [5.74, 6) is 0.954. The minimum absolute atomic E-state index is 0.763. The summed E-state index contributed by atoms with van der Waals surface area (Å²) in [6.45, 7) is 2.52. The van der Waals surface area contributed by atoms with E-state index in [-0.39, 0.29) is 0 Å². The highest BCUT2D eigenvalue weighted by Gasteiger charge is 2.17. The minimum Gasteiger partial charge on any atom is -0.491 e. The number of ether oxygens (including phenoxy) is 1. The molecule has 2 aromatic rings. The number of para-hydroxylation sites is 2. The van der Waals surface area contributed by atoms with Crippen LogP contribution in [0.1, 0.15) is 12.0 Å². The van der Waals surface area contributed by atoms with Crippen molar-refractivity contribution in [3.63, 3.8) is 0 Å². The number of hydrogen-bond acceptors (Lipinski definition) is 3. The molecule has 2 N–H and O–H groups in total. The Morgan fingerprint density at radius 2 is 2.00 bits per heavy atom. The molecule has 0 aromatic heterocycles. The van der Waals surface area contributed by atoms with Gasteiger partial charge in [0.05, 0.1) is 12.3 Å². The van der Waals surface area contributed by atoms with Gasteiger partial charge in [0.25, 0.3) is 0 Å². The largest absolute Gasteiger partial charge is 0.491 e. The van der Waals surface area contributed by atoms with Gasteiger partial charge >= 0.3 is 0 Å². The average Bonchev–Trinajstić information content (AvgIpc) is 2.66. The van der Waals surface area contributed by atoms with E-state index in [9.17, 15) is 0 Å². The number of nitrogen functional groups attached to an aromatic ring is 1. The SMILES string of the molecule is Nc1cccc(Br)c1CN1CCCOc2ccccc21. The van der Waals surface area contributed by atoms with Gasteiger partial charge in [-0.3, -0.25) is 0 Å². The van der Waals surface area contributed by atoms with Crippen molar-refractivity contribution in [1.82, 2.24) is 0 Å². The molecule has 1 aliphatic heterocycles. The van der Waals surface area contributed by atoms with E-state index in [0.29, 0.717) is 0 Å². The van der Waals surface area contributed by atoms with Gasteiger partial charge in [-0.25, -0.2) is 0 Å². The summed E-state index contributed by atoms with van der Waals surface area (Å²) >= 11 is 3.60. The zero-order valence-electron chi connectivity index (χ0n) is 11.2. The quantitative estimate of drug-likeness (QED) is 0.849. The molecule has 0 bridgehead atoms. The van der Waals surface area contributed by atoms with Crippen molar-refractivity contribution in [1.29, 1.82) is 0 Å². The highest BCUT2D eigenvalue weighted by atomic mass is 79.9. The Labute approximate surface area is 127 Å². The molecule has 0 atom stereocenters. The molecule has 2 aromatic carbocycles. The van der Waals surface area contributed by atoms with Crippen LogP contribution in [0.3, 0.4) is 0 Å². The van der Waals surface area contributed by atoms with Crippen molar-refractivity contribution >= 4 is 27.3 Å². The van der Waals surface area contributed by atoms with Gasteiger partial charge < -0.3 is 15.4 Å². The summed E-state index contributed by atoms with van der Waals surface area (Å²) in [4.78, 5) is 2.33. The van der Waals surface area contributed by atoms with Crippen molar-refractivity contribution in [2.45, 2.75) is 13.0 Å². The third kappa shape index (κ3) is 2.61. The molecule has 4 heteroatoms. The van der Waals surface area contributed by atoms with Crippen molar-refractivity contribution in [3.8, 4) is 5.75 Å². The van der Waals surface area contributed by atoms with E-state index >= 15 is 0 Å². The van der Waals surface area contributed by atoms with Crippen LogP contribution in [0.25, 0.3) is 0 Å². The lowest BCUT2D eigenvalue weighted by Crippen LogP contribution is -2.24. The molecule has 0 amide bonds. The molecule has 0 spiro atoms. The second-order valence-corrected chi connectivity index (χ2v) is 5.75. The molecule has 1 aliphatic rings. The fourth-order valence-corrected chi connectivity index (χ4v) is 3.00. The van der Waals surface area contributed by atoms with E-state index in [0.717, 1.165) is 53.3 Å². The van der Waals surface area contributed by atoms with E-state index < -0.39 is 0 Å². The zero-order chi connectivity index (χ0) is 13.9. The van der Waals surface area contributed by atoms with Crippen LogP contribution >= 0.6 is 15.9 Å². The summed E-state index contributed by atoms with van der Waals surface area (Å²) in [7, 11) is 0. The number of nitrogens with two attached hydrogens (primary N) is 1. The molecule has 0 radical (unpaired) electrons. The van der Waals surface area contributed by atoms with Crippen LogP contribution in [-0.2, 0) is 6.54 Å². The molecule has 0 aliphatic carbocycles. The van der Waals surface area contributed by atoms with Gasteiger partial charge in [0.1, 0.15) is 5.75 Å². The smallest absolute Gasteiger partial charge is 0.142 e. The molecule has 0 saturated carbocycles. The van der Waals surface area contributed by atoms with Gasteiger partial charge in [-0.15, -0.1) is 0 Å². The van der Waals surface area contributed by atoms with Gasteiger partial charge in [0.15, 0.2) is 0 Å². The van der Waals surface area contributed by atoms with Crippen LogP contribution in [0.2, 0.25) is 0 Å². The number of anilines is 2. The van der Waals surface area contributed by atoms with Crippen LogP contribution in [0.4, 0.5) is 11.4 Å². The molecule has 0 saturated heterocycles. The number of rotatable bonds is 2. The molecule has 0 fully saturated rings. The maximum absolute atomic E-state index is 6.11. The lowest BCUT2D eigenvalue weighted by Gasteiger charge is -2.25. The minimum atomic E-state index is 0.763. The molecular weight excluding hydrogens is 316 g/mol. The number of hydrogen-bond donors (Lipinski definition) is 1. The summed E-state index contributed by atoms with van der Waals surface area (Å²) < 4.78 is 6.85. The highest BCUT2D eigenvalue weighted by molar-refractivity contribution is 9.10. The second-order valence-electron chi connectivity index (χ2n) is 4.90. The van der Waals surface area contributed by atoms with Crippen molar-refractivity contribution in [3.05, 3.63) is 52.5 Å². The molecule has 3 rings (SSSR count). The van der Waals surface area contributed by atoms with Gasteiger partial charge in [-0.05, 0) is 30.7 Å². The van der Waals surface area contributed by atoms with E-state index in [4.69, 9.17) is 10.5 Å². The summed E-state index contributed by atoms with van der Waals surface area (Å²) in [6.07, 6.45) is 1.01. The van der Waals surface area contributed by atoms with Gasteiger partial charge in [-0.1, -0.05) is 34.1 Å². The third-order valence-electron chi connectivity index (χ3n) is 3.54. The van der Waals surface area contributed by atoms with Crippen molar-refractivity contribution < 1.29 is 4.74 Å². The fourth-order valence-electron chi connectivity index (χ4n) is 2.50. The number of benzene rings is 2. The number of halogens is 1. The lowest BCUT2D eigenvalue weighted by molar-refractivity contribution is 0.322. The van der Waals surface area contributed by atoms with E-state index in [1.807, 2.05) is 36.4 Å². The van der Waals surface area contributed by atoms with Crippen LogP contribution < -0.4 is 15.4 Å². The summed E-state index contributed by atoms with van der Waals surface area (Å²) in [6, 6.07) is 14.1. The van der Waals surface area contributed by atoms with Crippen LogP contribution in [0.5, 0.6) is 5.75 Å². The van der Waals surface area contributed by atoms with Crippen molar-refractivity contribution in [2.75, 3.05) is 23.8 Å². The van der Waals surface area contributed by atoms with Gasteiger partial charge in [0.2, 0.25) is 0 Å². The Balaban J connectivity index is 1.94. The van der Waals surface area contributed by atoms with E-state index in [2.05, 4.69) is 26.9 Å². The van der Waals surface area contributed by atoms with Crippen LogP contribution in [0, 0.1) is 0 Å². The molecule has 20 heavy (non-hydrogen) atoms. The first-order valence-corrected chi connectivity index (χ1v) is 7.54. The normalized spacial score (nSPS) is 14.3. The molecular formula is C16H17BrN2O. The zero-order valence-corrected chi connectivity index (χ0v) is 12.8. The Bertz CT molecular complexity index is 595. The maximum atomic E-state index is 6.11. The Hall–Kier alpha value is -1.68. The van der Waals surface area contributed by atoms with E-state index in [1.54, 1.807) is 0 Å². The first kappa shape index (κ1) is 13.3. The Kier molecular flexibility index (Phi) is 3.83. The first-order valence-electron chi connectivity index (χ1n) is 6.75. The van der Waals surface area contributed by atoms with Crippen LogP contribution in [-0.4, -0.2) is 13.2 Å². The number of fused-ring (bicyclic) bond motifs is 1.